The second kappa shape index (κ2) is 8.45. The van der Waals surface area contributed by atoms with E-state index in [1.54, 1.807) is 0 Å². The van der Waals surface area contributed by atoms with Crippen molar-refractivity contribution in [3.05, 3.63) is 77.7 Å². The normalized spacial score (nSPS) is 11.0. The van der Waals surface area contributed by atoms with Gasteiger partial charge in [0.05, 0.1) is 5.69 Å². The Morgan fingerprint density at radius 1 is 1.03 bits per heavy atom. The topological polar surface area (TPSA) is 51.2 Å². The standard InChI is InChI=1S/C24H22N2O2S/c1-16(2)17-7-9-19(10-8-17)22-15-29-24(25-22)26-23(27)14-28-21-12-11-18-5-3-4-6-20(18)13-21/h3-13,15-16H,14H2,1-2H3,(H,25,26,27). The molecule has 1 N–H and O–H groups in total. The molecule has 0 saturated carbocycles. The lowest BCUT2D eigenvalue weighted by atomic mass is 10.0. The van der Waals surface area contributed by atoms with Crippen molar-refractivity contribution >= 4 is 33.1 Å². The first-order valence-electron chi connectivity index (χ1n) is 9.56. The number of anilines is 1. The zero-order valence-corrected chi connectivity index (χ0v) is 17.2. The van der Waals surface area contributed by atoms with Gasteiger partial charge < -0.3 is 4.74 Å². The predicted octanol–water partition coefficient (Wildman–Crippen LogP) is 6.10. The zero-order valence-electron chi connectivity index (χ0n) is 16.4. The number of rotatable bonds is 6. The molecule has 0 aliphatic carbocycles. The van der Waals surface area contributed by atoms with Crippen LogP contribution in [0.4, 0.5) is 5.13 Å². The Bertz CT molecular complexity index is 1130. The molecule has 0 bridgehead atoms. The Balaban J connectivity index is 1.36. The summed E-state index contributed by atoms with van der Waals surface area (Å²) >= 11 is 1.41. The van der Waals surface area contributed by atoms with Crippen LogP contribution in [0.25, 0.3) is 22.0 Å². The van der Waals surface area contributed by atoms with E-state index in [4.69, 9.17) is 4.74 Å². The van der Waals surface area contributed by atoms with Crippen molar-refractivity contribution in [2.45, 2.75) is 19.8 Å². The summed E-state index contributed by atoms with van der Waals surface area (Å²) in [6.45, 7) is 4.29. The predicted molar refractivity (Wildman–Crippen MR) is 120 cm³/mol. The first-order chi connectivity index (χ1) is 14.1. The number of hydrogen-bond acceptors (Lipinski definition) is 4. The van der Waals surface area contributed by atoms with E-state index in [2.05, 4.69) is 48.4 Å². The molecule has 0 unspecified atom stereocenters. The van der Waals surface area contributed by atoms with Gasteiger partial charge in [0.1, 0.15) is 5.75 Å². The lowest BCUT2D eigenvalue weighted by Crippen LogP contribution is -2.20. The highest BCUT2D eigenvalue weighted by Crippen LogP contribution is 2.26. The number of nitrogens with one attached hydrogen (secondary N) is 1. The fourth-order valence-electron chi connectivity index (χ4n) is 3.06. The average molecular weight is 403 g/mol. The van der Waals surface area contributed by atoms with Crippen molar-refractivity contribution in [3.63, 3.8) is 0 Å². The fraction of sp³-hybridized carbons (Fsp3) is 0.167. The molecule has 5 heteroatoms. The molecule has 1 heterocycles. The average Bonchev–Trinajstić information content (AvgIpc) is 3.20. The molecular weight excluding hydrogens is 380 g/mol. The van der Waals surface area contributed by atoms with Gasteiger partial charge >= 0.3 is 0 Å². The molecule has 4 nitrogen and oxygen atoms in total. The molecule has 0 radical (unpaired) electrons. The van der Waals surface area contributed by atoms with Crippen molar-refractivity contribution in [2.24, 2.45) is 0 Å². The van der Waals surface area contributed by atoms with E-state index in [0.29, 0.717) is 16.8 Å². The van der Waals surface area contributed by atoms with Crippen LogP contribution in [0.5, 0.6) is 5.75 Å². The van der Waals surface area contributed by atoms with Crippen LogP contribution in [0.1, 0.15) is 25.3 Å². The number of hydrogen-bond donors (Lipinski definition) is 1. The number of amides is 1. The summed E-state index contributed by atoms with van der Waals surface area (Å²) in [5.74, 6) is 0.940. The Morgan fingerprint density at radius 3 is 2.55 bits per heavy atom. The molecule has 0 fully saturated rings. The molecule has 0 aliphatic rings. The van der Waals surface area contributed by atoms with Crippen LogP contribution >= 0.6 is 11.3 Å². The van der Waals surface area contributed by atoms with Crippen LogP contribution in [0, 0.1) is 0 Å². The monoisotopic (exact) mass is 402 g/mol. The number of aromatic nitrogens is 1. The van der Waals surface area contributed by atoms with Crippen LogP contribution in [0.3, 0.4) is 0 Å². The lowest BCUT2D eigenvalue weighted by Gasteiger charge is -2.07. The number of carbonyl (C=O) groups is 1. The maximum Gasteiger partial charge on any atom is 0.264 e. The molecule has 29 heavy (non-hydrogen) atoms. The van der Waals surface area contributed by atoms with Gasteiger partial charge in [-0.2, -0.15) is 0 Å². The van der Waals surface area contributed by atoms with Gasteiger partial charge in [0, 0.05) is 10.9 Å². The quantitative estimate of drug-likeness (QED) is 0.424. The molecule has 0 atom stereocenters. The molecule has 146 valence electrons. The Kier molecular flexibility index (Phi) is 5.58. The molecule has 4 aromatic rings. The number of fused-ring (bicyclic) bond motifs is 1. The minimum Gasteiger partial charge on any atom is -0.484 e. The molecule has 4 rings (SSSR count). The van der Waals surface area contributed by atoms with Crippen molar-refractivity contribution in [3.8, 4) is 17.0 Å². The van der Waals surface area contributed by atoms with Gasteiger partial charge in [-0.05, 0) is 34.4 Å². The largest absolute Gasteiger partial charge is 0.484 e. The summed E-state index contributed by atoms with van der Waals surface area (Å²) in [6.07, 6.45) is 0. The molecule has 0 aliphatic heterocycles. The third-order valence-electron chi connectivity index (χ3n) is 4.71. The van der Waals surface area contributed by atoms with E-state index >= 15 is 0 Å². The maximum absolute atomic E-state index is 12.2. The number of carbonyl (C=O) groups excluding carboxylic acids is 1. The molecule has 1 amide bonds. The van der Waals surface area contributed by atoms with Crippen LogP contribution in [-0.2, 0) is 4.79 Å². The summed E-state index contributed by atoms with van der Waals surface area (Å²) in [5, 5.41) is 7.55. The number of thiazole rings is 1. The van der Waals surface area contributed by atoms with E-state index in [1.807, 2.05) is 47.8 Å². The summed E-state index contributed by atoms with van der Waals surface area (Å²) in [5.41, 5.74) is 3.19. The van der Waals surface area contributed by atoms with Crippen molar-refractivity contribution < 1.29 is 9.53 Å². The maximum atomic E-state index is 12.2. The van der Waals surface area contributed by atoms with Crippen LogP contribution in [-0.4, -0.2) is 17.5 Å². The molecular formula is C24H22N2O2S. The van der Waals surface area contributed by atoms with Gasteiger partial charge in [-0.25, -0.2) is 4.98 Å². The van der Waals surface area contributed by atoms with Gasteiger partial charge in [0.2, 0.25) is 0 Å². The summed E-state index contributed by atoms with van der Waals surface area (Å²) < 4.78 is 5.64. The lowest BCUT2D eigenvalue weighted by molar-refractivity contribution is -0.118. The first kappa shape index (κ1) is 19.2. The summed E-state index contributed by atoms with van der Waals surface area (Å²) in [6, 6.07) is 22.2. The smallest absolute Gasteiger partial charge is 0.264 e. The van der Waals surface area contributed by atoms with E-state index < -0.39 is 0 Å². The van der Waals surface area contributed by atoms with Crippen molar-refractivity contribution in [1.82, 2.24) is 4.98 Å². The first-order valence-corrected chi connectivity index (χ1v) is 10.4. The van der Waals surface area contributed by atoms with Gasteiger partial charge in [0.15, 0.2) is 11.7 Å². The second-order valence-corrected chi connectivity index (χ2v) is 8.02. The minimum atomic E-state index is -0.228. The van der Waals surface area contributed by atoms with Gasteiger partial charge in [-0.1, -0.05) is 68.4 Å². The third-order valence-corrected chi connectivity index (χ3v) is 5.47. The van der Waals surface area contributed by atoms with Crippen molar-refractivity contribution in [1.29, 1.82) is 0 Å². The van der Waals surface area contributed by atoms with E-state index in [9.17, 15) is 4.79 Å². The Labute approximate surface area is 174 Å². The van der Waals surface area contributed by atoms with Gasteiger partial charge in [-0.3, -0.25) is 10.1 Å². The highest BCUT2D eigenvalue weighted by atomic mass is 32.1. The summed E-state index contributed by atoms with van der Waals surface area (Å²) in [4.78, 5) is 16.8. The third kappa shape index (κ3) is 4.63. The number of nitrogens with zero attached hydrogens (tertiary/aromatic N) is 1. The van der Waals surface area contributed by atoms with E-state index in [-0.39, 0.29) is 12.5 Å². The van der Waals surface area contributed by atoms with Crippen LogP contribution in [0.2, 0.25) is 0 Å². The van der Waals surface area contributed by atoms with E-state index in [1.165, 1.54) is 16.9 Å². The highest BCUT2D eigenvalue weighted by Gasteiger charge is 2.10. The van der Waals surface area contributed by atoms with Crippen molar-refractivity contribution in [2.75, 3.05) is 11.9 Å². The van der Waals surface area contributed by atoms with E-state index in [0.717, 1.165) is 22.0 Å². The fourth-order valence-corrected chi connectivity index (χ4v) is 3.80. The molecule has 1 aromatic heterocycles. The van der Waals surface area contributed by atoms with Gasteiger partial charge in [-0.15, -0.1) is 11.3 Å². The van der Waals surface area contributed by atoms with Crippen LogP contribution in [0.15, 0.2) is 72.1 Å². The Morgan fingerprint density at radius 2 is 1.79 bits per heavy atom. The SMILES string of the molecule is CC(C)c1ccc(-c2csc(NC(=O)COc3ccc4ccccc4c3)n2)cc1. The second-order valence-electron chi connectivity index (χ2n) is 7.16. The number of benzene rings is 3. The molecule has 0 saturated heterocycles. The van der Waals surface area contributed by atoms with Crippen LogP contribution < -0.4 is 10.1 Å². The van der Waals surface area contributed by atoms with Gasteiger partial charge in [0.25, 0.3) is 5.91 Å². The number of ether oxygens (including phenoxy) is 1. The summed E-state index contributed by atoms with van der Waals surface area (Å²) in [7, 11) is 0. The highest BCUT2D eigenvalue weighted by molar-refractivity contribution is 7.14. The zero-order chi connectivity index (χ0) is 20.2. The molecule has 0 spiro atoms. The minimum absolute atomic E-state index is 0.0592. The molecule has 3 aromatic carbocycles. The Hall–Kier alpha value is -3.18.